The minimum absolute atomic E-state index is 0.559. The van der Waals surface area contributed by atoms with Crippen LogP contribution in [0, 0.1) is 0 Å². The lowest BCUT2D eigenvalue weighted by atomic mass is 10.2. The molecule has 0 radical (unpaired) electrons. The molecule has 0 aromatic heterocycles. The number of rotatable bonds is 5. The summed E-state index contributed by atoms with van der Waals surface area (Å²) in [5.74, 6) is 2.78. The van der Waals surface area contributed by atoms with Gasteiger partial charge in [-0.1, -0.05) is 19.1 Å². The third-order valence-corrected chi connectivity index (χ3v) is 3.42. The Balaban J connectivity index is 2.03. The van der Waals surface area contributed by atoms with E-state index in [0.29, 0.717) is 6.54 Å². The molecule has 0 aliphatic heterocycles. The predicted octanol–water partition coefficient (Wildman–Crippen LogP) is 4.05. The Bertz CT molecular complexity index is 479. The van der Waals surface area contributed by atoms with Crippen LogP contribution in [0.3, 0.4) is 0 Å². The van der Waals surface area contributed by atoms with Crippen LogP contribution in [0.15, 0.2) is 53.4 Å². The van der Waals surface area contributed by atoms with Crippen molar-refractivity contribution in [3.05, 3.63) is 54.1 Å². The van der Waals surface area contributed by atoms with Crippen molar-refractivity contribution in [2.75, 3.05) is 5.75 Å². The second-order valence-corrected chi connectivity index (χ2v) is 5.19. The maximum absolute atomic E-state index is 5.76. The van der Waals surface area contributed by atoms with Gasteiger partial charge in [0.05, 0.1) is 0 Å². The highest BCUT2D eigenvalue weighted by Crippen LogP contribution is 2.25. The molecule has 0 bridgehead atoms. The first-order chi connectivity index (χ1) is 8.81. The summed E-state index contributed by atoms with van der Waals surface area (Å²) in [6.07, 6.45) is 0. The Kier molecular flexibility index (Phi) is 4.67. The predicted molar refractivity (Wildman–Crippen MR) is 77.2 cm³/mol. The summed E-state index contributed by atoms with van der Waals surface area (Å²) < 4.78 is 5.76. The van der Waals surface area contributed by atoms with Gasteiger partial charge >= 0.3 is 0 Å². The lowest BCUT2D eigenvalue weighted by molar-refractivity contribution is 0.482. The van der Waals surface area contributed by atoms with Gasteiger partial charge in [-0.25, -0.2) is 0 Å². The molecular formula is C15H17NOS. The fraction of sp³-hybridized carbons (Fsp3) is 0.200. The first-order valence-electron chi connectivity index (χ1n) is 6.01. The molecule has 0 amide bonds. The Hall–Kier alpha value is -1.45. The third-order valence-electron chi connectivity index (χ3n) is 2.53. The van der Waals surface area contributed by atoms with E-state index >= 15 is 0 Å². The summed E-state index contributed by atoms with van der Waals surface area (Å²) in [5.41, 5.74) is 6.66. The highest BCUT2D eigenvalue weighted by atomic mass is 32.2. The highest BCUT2D eigenvalue weighted by molar-refractivity contribution is 7.99. The minimum atomic E-state index is 0.559. The van der Waals surface area contributed by atoms with E-state index in [1.807, 2.05) is 48.2 Å². The van der Waals surface area contributed by atoms with Crippen LogP contribution >= 0.6 is 11.8 Å². The highest BCUT2D eigenvalue weighted by Gasteiger charge is 1.98. The maximum Gasteiger partial charge on any atom is 0.127 e. The summed E-state index contributed by atoms with van der Waals surface area (Å²) in [6.45, 7) is 2.71. The van der Waals surface area contributed by atoms with Crippen molar-refractivity contribution < 1.29 is 4.74 Å². The largest absolute Gasteiger partial charge is 0.457 e. The molecule has 2 aromatic rings. The van der Waals surface area contributed by atoms with Gasteiger partial charge in [0.2, 0.25) is 0 Å². The molecule has 0 unspecified atom stereocenters. The molecule has 0 fully saturated rings. The summed E-state index contributed by atoms with van der Waals surface area (Å²) in [7, 11) is 0. The van der Waals surface area contributed by atoms with Gasteiger partial charge < -0.3 is 10.5 Å². The van der Waals surface area contributed by atoms with Crippen molar-refractivity contribution >= 4 is 11.8 Å². The molecule has 0 aliphatic carbocycles. The van der Waals surface area contributed by atoms with E-state index < -0.39 is 0 Å². The van der Waals surface area contributed by atoms with E-state index in [9.17, 15) is 0 Å². The van der Waals surface area contributed by atoms with E-state index in [1.54, 1.807) is 0 Å². The van der Waals surface area contributed by atoms with E-state index in [1.165, 1.54) is 4.90 Å². The molecule has 0 spiro atoms. The third kappa shape index (κ3) is 3.52. The molecule has 0 atom stereocenters. The molecule has 2 rings (SSSR count). The van der Waals surface area contributed by atoms with Gasteiger partial charge in [0.15, 0.2) is 0 Å². The average molecular weight is 259 g/mol. The molecular weight excluding hydrogens is 242 g/mol. The first kappa shape index (κ1) is 13.0. The van der Waals surface area contributed by atoms with Crippen LogP contribution in [0.4, 0.5) is 0 Å². The zero-order valence-electron chi connectivity index (χ0n) is 10.4. The normalized spacial score (nSPS) is 10.3. The quantitative estimate of drug-likeness (QED) is 0.823. The second-order valence-electron chi connectivity index (χ2n) is 3.85. The molecule has 94 valence electrons. The van der Waals surface area contributed by atoms with Crippen molar-refractivity contribution in [2.45, 2.75) is 18.4 Å². The van der Waals surface area contributed by atoms with Crippen LogP contribution in [0.25, 0.3) is 0 Å². The Morgan fingerprint density at radius 3 is 2.00 bits per heavy atom. The number of hydrogen-bond acceptors (Lipinski definition) is 3. The van der Waals surface area contributed by atoms with E-state index in [2.05, 4.69) is 19.1 Å². The first-order valence-corrected chi connectivity index (χ1v) is 7.00. The number of ether oxygens (including phenoxy) is 1. The van der Waals surface area contributed by atoms with Crippen LogP contribution in [0.1, 0.15) is 12.5 Å². The second kappa shape index (κ2) is 6.47. The van der Waals surface area contributed by atoms with Gasteiger partial charge in [-0.3, -0.25) is 0 Å². The molecule has 2 nitrogen and oxygen atoms in total. The van der Waals surface area contributed by atoms with Gasteiger partial charge in [0.25, 0.3) is 0 Å². The number of hydrogen-bond donors (Lipinski definition) is 1. The van der Waals surface area contributed by atoms with Crippen LogP contribution < -0.4 is 10.5 Å². The van der Waals surface area contributed by atoms with Gasteiger partial charge in [-0.2, -0.15) is 0 Å². The van der Waals surface area contributed by atoms with Crippen molar-refractivity contribution in [1.82, 2.24) is 0 Å². The van der Waals surface area contributed by atoms with E-state index in [-0.39, 0.29) is 0 Å². The zero-order chi connectivity index (χ0) is 12.8. The van der Waals surface area contributed by atoms with Gasteiger partial charge in [-0.05, 0) is 47.7 Å². The zero-order valence-corrected chi connectivity index (χ0v) is 11.2. The summed E-state index contributed by atoms with van der Waals surface area (Å²) >= 11 is 1.83. The van der Waals surface area contributed by atoms with Crippen molar-refractivity contribution in [2.24, 2.45) is 5.73 Å². The lowest BCUT2D eigenvalue weighted by Crippen LogP contribution is -1.95. The van der Waals surface area contributed by atoms with Gasteiger partial charge in [-0.15, -0.1) is 11.8 Å². The number of nitrogens with two attached hydrogens (primary N) is 1. The molecule has 0 aliphatic rings. The maximum atomic E-state index is 5.76. The van der Waals surface area contributed by atoms with Crippen molar-refractivity contribution in [3.8, 4) is 11.5 Å². The molecule has 0 saturated carbocycles. The van der Waals surface area contributed by atoms with Gasteiger partial charge in [0.1, 0.15) is 11.5 Å². The fourth-order valence-corrected chi connectivity index (χ4v) is 2.26. The van der Waals surface area contributed by atoms with Crippen molar-refractivity contribution in [3.63, 3.8) is 0 Å². The summed E-state index contributed by atoms with van der Waals surface area (Å²) in [4.78, 5) is 1.27. The van der Waals surface area contributed by atoms with Crippen LogP contribution in [0.2, 0.25) is 0 Å². The summed E-state index contributed by atoms with van der Waals surface area (Å²) in [6, 6.07) is 16.0. The molecule has 0 heterocycles. The van der Waals surface area contributed by atoms with Crippen LogP contribution in [-0.2, 0) is 6.54 Å². The monoisotopic (exact) mass is 259 g/mol. The summed E-state index contributed by atoms with van der Waals surface area (Å²) in [5, 5.41) is 0. The molecule has 2 aromatic carbocycles. The van der Waals surface area contributed by atoms with Crippen LogP contribution in [0.5, 0.6) is 11.5 Å². The number of thioether (sulfide) groups is 1. The Morgan fingerprint density at radius 1 is 0.944 bits per heavy atom. The lowest BCUT2D eigenvalue weighted by Gasteiger charge is -2.07. The SMILES string of the molecule is CCSc1ccc(Oc2ccc(CN)cc2)cc1. The average Bonchev–Trinajstić information content (AvgIpc) is 2.42. The molecule has 3 heteroatoms. The minimum Gasteiger partial charge on any atom is -0.457 e. The van der Waals surface area contributed by atoms with E-state index in [0.717, 1.165) is 22.8 Å². The Morgan fingerprint density at radius 2 is 1.50 bits per heavy atom. The fourth-order valence-electron chi connectivity index (χ4n) is 1.60. The topological polar surface area (TPSA) is 35.2 Å². The Labute approximate surface area is 112 Å². The molecule has 2 N–H and O–H groups in total. The van der Waals surface area contributed by atoms with Crippen LogP contribution in [-0.4, -0.2) is 5.75 Å². The van der Waals surface area contributed by atoms with E-state index in [4.69, 9.17) is 10.5 Å². The van der Waals surface area contributed by atoms with Crippen molar-refractivity contribution in [1.29, 1.82) is 0 Å². The standard InChI is InChI=1S/C15H17NOS/c1-2-18-15-9-7-14(8-10-15)17-13-5-3-12(11-16)4-6-13/h3-10H,2,11,16H2,1H3. The number of benzene rings is 2. The van der Waals surface area contributed by atoms with Gasteiger partial charge in [0, 0.05) is 11.4 Å². The molecule has 18 heavy (non-hydrogen) atoms. The smallest absolute Gasteiger partial charge is 0.127 e. The molecule has 0 saturated heterocycles.